The molecule has 6 nitrogen and oxygen atoms in total. The fourth-order valence-corrected chi connectivity index (χ4v) is 7.74. The summed E-state index contributed by atoms with van der Waals surface area (Å²) in [7, 11) is 0. The topological polar surface area (TPSA) is 78.9 Å². The molecular weight excluding hydrogens is 709 g/mol. The van der Waals surface area contributed by atoms with Gasteiger partial charge in [0.2, 0.25) is 0 Å². The molecule has 0 aliphatic carbocycles. The minimum Gasteiger partial charge on any atom is -0.462 e. The summed E-state index contributed by atoms with van der Waals surface area (Å²) in [6, 6.07) is 0. The Kier molecular flexibility index (Phi) is 45.8. The van der Waals surface area contributed by atoms with Gasteiger partial charge < -0.3 is 14.2 Å². The third-order valence-corrected chi connectivity index (χ3v) is 11.6. The van der Waals surface area contributed by atoms with Crippen LogP contribution in [-0.2, 0) is 28.6 Å². The van der Waals surface area contributed by atoms with E-state index in [0.29, 0.717) is 19.3 Å². The van der Waals surface area contributed by atoms with Crippen molar-refractivity contribution in [2.45, 2.75) is 297 Å². The Morgan fingerprint density at radius 1 is 0.281 bits per heavy atom. The molecule has 0 aromatic carbocycles. The van der Waals surface area contributed by atoms with Gasteiger partial charge in [0.05, 0.1) is 0 Å². The van der Waals surface area contributed by atoms with Crippen LogP contribution in [0.15, 0.2) is 0 Å². The molecule has 0 amide bonds. The first kappa shape index (κ1) is 55.4. The quantitative estimate of drug-likeness (QED) is 0.0346. The van der Waals surface area contributed by atoms with E-state index in [1.165, 1.54) is 193 Å². The van der Waals surface area contributed by atoms with Crippen LogP contribution in [0.3, 0.4) is 0 Å². The molecule has 0 N–H and O–H groups in total. The predicted octanol–water partition coefficient (Wildman–Crippen LogP) is 16.4. The molecule has 338 valence electrons. The third kappa shape index (κ3) is 45.3. The molecule has 0 aromatic rings. The summed E-state index contributed by atoms with van der Waals surface area (Å²) in [5.41, 5.74) is 0. The van der Waals surface area contributed by atoms with Crippen LogP contribution in [0.2, 0.25) is 0 Å². The zero-order valence-corrected chi connectivity index (χ0v) is 38.6. The maximum atomic E-state index is 12.8. The highest BCUT2D eigenvalue weighted by Crippen LogP contribution is 2.17. The summed E-state index contributed by atoms with van der Waals surface area (Å²) in [5, 5.41) is 0. The van der Waals surface area contributed by atoms with Crippen molar-refractivity contribution in [3.8, 4) is 0 Å². The van der Waals surface area contributed by atoms with Gasteiger partial charge in [-0.1, -0.05) is 252 Å². The molecule has 0 saturated carbocycles. The van der Waals surface area contributed by atoms with Crippen molar-refractivity contribution in [1.82, 2.24) is 0 Å². The van der Waals surface area contributed by atoms with Crippen LogP contribution in [0.25, 0.3) is 0 Å². The number of esters is 3. The Labute approximate surface area is 355 Å². The lowest BCUT2D eigenvalue weighted by molar-refractivity contribution is -0.167. The molecule has 0 aliphatic heterocycles. The number of carbonyl (C=O) groups excluding carboxylic acids is 3. The Balaban J connectivity index is 4.29. The Morgan fingerprint density at radius 3 is 0.702 bits per heavy atom. The average Bonchev–Trinajstić information content (AvgIpc) is 3.21. The molecule has 0 bridgehead atoms. The van der Waals surface area contributed by atoms with Gasteiger partial charge in [-0.05, 0) is 19.3 Å². The zero-order valence-electron chi connectivity index (χ0n) is 38.6. The second kappa shape index (κ2) is 47.1. The van der Waals surface area contributed by atoms with Crippen molar-refractivity contribution >= 4 is 17.9 Å². The first-order valence-corrected chi connectivity index (χ1v) is 25.5. The maximum absolute atomic E-state index is 12.8. The summed E-state index contributed by atoms with van der Waals surface area (Å²) >= 11 is 0. The van der Waals surface area contributed by atoms with Gasteiger partial charge in [0, 0.05) is 19.3 Å². The van der Waals surface area contributed by atoms with Gasteiger partial charge in [-0.25, -0.2) is 0 Å². The van der Waals surface area contributed by atoms with Gasteiger partial charge in [-0.3, -0.25) is 14.4 Å². The fraction of sp³-hybridized carbons (Fsp3) is 0.941. The lowest BCUT2D eigenvalue weighted by Gasteiger charge is -2.18. The molecule has 0 heterocycles. The Bertz CT molecular complexity index is 844. The van der Waals surface area contributed by atoms with Crippen LogP contribution in [0.1, 0.15) is 290 Å². The largest absolute Gasteiger partial charge is 0.462 e. The standard InChI is InChI=1S/C51H98O6/c1-4-7-10-13-16-19-22-24-25-27-29-32-35-38-41-44-50(53)56-47-48(46-55-49(52)43-40-37-34-31-28-21-18-15-12-9-6-3)57-51(54)45-42-39-36-33-30-26-23-20-17-14-11-8-5-2/h48H,4-47H2,1-3H3/t48-/m0/s1. The van der Waals surface area contributed by atoms with Crippen molar-refractivity contribution < 1.29 is 28.6 Å². The monoisotopic (exact) mass is 807 g/mol. The minimum atomic E-state index is -0.759. The molecule has 0 aromatic heterocycles. The Morgan fingerprint density at radius 2 is 0.474 bits per heavy atom. The van der Waals surface area contributed by atoms with Crippen molar-refractivity contribution in [1.29, 1.82) is 0 Å². The number of ether oxygens (including phenoxy) is 3. The molecule has 6 heteroatoms. The van der Waals surface area contributed by atoms with Crippen LogP contribution >= 0.6 is 0 Å². The van der Waals surface area contributed by atoms with Crippen LogP contribution in [0.4, 0.5) is 0 Å². The van der Waals surface area contributed by atoms with Gasteiger partial charge in [0.25, 0.3) is 0 Å². The van der Waals surface area contributed by atoms with Crippen LogP contribution in [0.5, 0.6) is 0 Å². The van der Waals surface area contributed by atoms with Crippen molar-refractivity contribution in [2.75, 3.05) is 13.2 Å². The van der Waals surface area contributed by atoms with Crippen molar-refractivity contribution in [3.63, 3.8) is 0 Å². The molecule has 57 heavy (non-hydrogen) atoms. The van der Waals surface area contributed by atoms with Gasteiger partial charge in [0.1, 0.15) is 13.2 Å². The van der Waals surface area contributed by atoms with E-state index in [1.54, 1.807) is 0 Å². The van der Waals surface area contributed by atoms with Gasteiger partial charge in [-0.2, -0.15) is 0 Å². The molecular formula is C51H98O6. The minimum absolute atomic E-state index is 0.0619. The van der Waals surface area contributed by atoms with Crippen LogP contribution < -0.4 is 0 Å². The van der Waals surface area contributed by atoms with Crippen molar-refractivity contribution in [3.05, 3.63) is 0 Å². The molecule has 0 unspecified atom stereocenters. The smallest absolute Gasteiger partial charge is 0.306 e. The van der Waals surface area contributed by atoms with E-state index in [1.807, 2.05) is 0 Å². The number of carbonyl (C=O) groups is 3. The summed E-state index contributed by atoms with van der Waals surface area (Å²) < 4.78 is 16.8. The average molecular weight is 807 g/mol. The van der Waals surface area contributed by atoms with E-state index in [4.69, 9.17) is 14.2 Å². The summed E-state index contributed by atoms with van der Waals surface area (Å²) in [6.07, 6.45) is 49.4. The lowest BCUT2D eigenvalue weighted by Crippen LogP contribution is -2.30. The highest BCUT2D eigenvalue weighted by atomic mass is 16.6. The van der Waals surface area contributed by atoms with Crippen LogP contribution in [0, 0.1) is 0 Å². The molecule has 0 saturated heterocycles. The molecule has 1 atom stereocenters. The number of rotatable bonds is 47. The van der Waals surface area contributed by atoms with E-state index >= 15 is 0 Å². The second-order valence-corrected chi connectivity index (χ2v) is 17.5. The van der Waals surface area contributed by atoms with Gasteiger partial charge >= 0.3 is 17.9 Å². The molecule has 0 fully saturated rings. The lowest BCUT2D eigenvalue weighted by atomic mass is 10.0. The first-order valence-electron chi connectivity index (χ1n) is 25.5. The molecule has 0 radical (unpaired) electrons. The first-order chi connectivity index (χ1) is 28.0. The highest BCUT2D eigenvalue weighted by molar-refractivity contribution is 5.71. The summed E-state index contributed by atoms with van der Waals surface area (Å²) in [6.45, 7) is 6.67. The van der Waals surface area contributed by atoms with Crippen LogP contribution in [-0.4, -0.2) is 37.2 Å². The second-order valence-electron chi connectivity index (χ2n) is 17.5. The van der Waals surface area contributed by atoms with Gasteiger partial charge in [-0.15, -0.1) is 0 Å². The Hall–Kier alpha value is -1.59. The normalized spacial score (nSPS) is 11.8. The number of hydrogen-bond donors (Lipinski definition) is 0. The highest BCUT2D eigenvalue weighted by Gasteiger charge is 2.19. The zero-order chi connectivity index (χ0) is 41.5. The maximum Gasteiger partial charge on any atom is 0.306 e. The molecule has 0 rings (SSSR count). The van der Waals surface area contributed by atoms with Gasteiger partial charge in [0.15, 0.2) is 6.10 Å². The van der Waals surface area contributed by atoms with E-state index < -0.39 is 6.10 Å². The molecule has 0 spiro atoms. The third-order valence-electron chi connectivity index (χ3n) is 11.6. The van der Waals surface area contributed by atoms with E-state index in [2.05, 4.69) is 20.8 Å². The number of hydrogen-bond acceptors (Lipinski definition) is 6. The van der Waals surface area contributed by atoms with E-state index in [9.17, 15) is 14.4 Å². The summed E-state index contributed by atoms with van der Waals surface area (Å²) in [5.74, 6) is -0.843. The number of unbranched alkanes of at least 4 members (excludes halogenated alkanes) is 36. The summed E-state index contributed by atoms with van der Waals surface area (Å²) in [4.78, 5) is 37.9. The predicted molar refractivity (Wildman–Crippen MR) is 243 cm³/mol. The SMILES string of the molecule is CCCCCCCCCCCCCCCCCC(=O)OC[C@H](COC(=O)CCCCCCCCCCCCC)OC(=O)CCCCCCCCCCCCCCC. The fourth-order valence-electron chi connectivity index (χ4n) is 7.74. The van der Waals surface area contributed by atoms with E-state index in [-0.39, 0.29) is 31.1 Å². The van der Waals surface area contributed by atoms with Crippen molar-refractivity contribution in [2.24, 2.45) is 0 Å². The molecule has 0 aliphatic rings. The van der Waals surface area contributed by atoms with E-state index in [0.717, 1.165) is 57.8 Å².